The summed E-state index contributed by atoms with van der Waals surface area (Å²) in [4.78, 5) is 23.3. The third kappa shape index (κ3) is 7.52. The first-order valence-electron chi connectivity index (χ1n) is 10.5. The highest BCUT2D eigenvalue weighted by atomic mass is 35.5. The average molecular weight is 479 g/mol. The van der Waals surface area contributed by atoms with Gasteiger partial charge in [0.15, 0.2) is 12.4 Å². The largest absolute Gasteiger partial charge is 0.462 e. The van der Waals surface area contributed by atoms with Gasteiger partial charge in [0, 0.05) is 6.92 Å². The second kappa shape index (κ2) is 12.7. The highest BCUT2D eigenvalue weighted by Gasteiger charge is 2.49. The van der Waals surface area contributed by atoms with Crippen molar-refractivity contribution < 1.29 is 38.4 Å². The second-order valence-electron chi connectivity index (χ2n) is 7.48. The Morgan fingerprint density at radius 2 is 1.45 bits per heavy atom. The Hall–Kier alpha value is -2.49. The standard InChI is InChI=1S/C24H27ClO8/c1-16(26)32-23-22(31-14-18-10-6-3-7-11-18)21(30-13-17-8-4-2-5-9-17)19(33-24(23)28)15-29-20(27)12-25/h2-11,19,21-24,28H,12-15H2,1H3/t19-,21-,22+,23+,24+/m1/s1. The maximum atomic E-state index is 11.7. The maximum Gasteiger partial charge on any atom is 0.320 e. The normalized spacial score (nSPS) is 24.8. The number of benzene rings is 2. The molecule has 0 aromatic heterocycles. The molecule has 33 heavy (non-hydrogen) atoms. The molecule has 2 aromatic carbocycles. The molecule has 0 aliphatic carbocycles. The summed E-state index contributed by atoms with van der Waals surface area (Å²) in [5.74, 6) is -1.57. The summed E-state index contributed by atoms with van der Waals surface area (Å²) in [6.07, 6.45) is -5.27. The van der Waals surface area contributed by atoms with E-state index in [1.165, 1.54) is 6.92 Å². The first-order chi connectivity index (χ1) is 16.0. The second-order valence-corrected chi connectivity index (χ2v) is 7.75. The number of alkyl halides is 1. The Labute approximate surface area is 197 Å². The fourth-order valence-corrected chi connectivity index (χ4v) is 3.56. The lowest BCUT2D eigenvalue weighted by Gasteiger charge is -2.43. The lowest BCUT2D eigenvalue weighted by Crippen LogP contribution is -2.61. The topological polar surface area (TPSA) is 101 Å². The Balaban J connectivity index is 1.84. The van der Waals surface area contributed by atoms with Gasteiger partial charge >= 0.3 is 11.9 Å². The number of aliphatic hydroxyl groups is 1. The summed E-state index contributed by atoms with van der Waals surface area (Å²) < 4.78 is 28.3. The van der Waals surface area contributed by atoms with Crippen LogP contribution in [0.1, 0.15) is 18.1 Å². The molecule has 0 radical (unpaired) electrons. The minimum absolute atomic E-state index is 0.176. The quantitative estimate of drug-likeness (QED) is 0.411. The molecule has 0 saturated carbocycles. The van der Waals surface area contributed by atoms with E-state index in [1.807, 2.05) is 60.7 Å². The highest BCUT2D eigenvalue weighted by molar-refractivity contribution is 6.26. The molecule has 1 N–H and O–H groups in total. The molecule has 8 nitrogen and oxygen atoms in total. The van der Waals surface area contributed by atoms with Gasteiger partial charge in [-0.05, 0) is 11.1 Å². The minimum atomic E-state index is -1.51. The monoisotopic (exact) mass is 478 g/mol. The van der Waals surface area contributed by atoms with E-state index in [0.717, 1.165) is 11.1 Å². The molecule has 9 heteroatoms. The number of esters is 2. The molecule has 178 valence electrons. The van der Waals surface area contributed by atoms with Crippen LogP contribution in [0, 0.1) is 0 Å². The fraction of sp³-hybridized carbons (Fsp3) is 0.417. The van der Waals surface area contributed by atoms with Crippen molar-refractivity contribution in [1.29, 1.82) is 0 Å². The first kappa shape index (κ1) is 25.1. The summed E-state index contributed by atoms with van der Waals surface area (Å²) in [7, 11) is 0. The molecule has 5 atom stereocenters. The van der Waals surface area contributed by atoms with E-state index in [9.17, 15) is 14.7 Å². The van der Waals surface area contributed by atoms with Crippen molar-refractivity contribution in [1.82, 2.24) is 0 Å². The molecule has 1 heterocycles. The van der Waals surface area contributed by atoms with E-state index in [4.69, 9.17) is 35.3 Å². The molecule has 1 aliphatic heterocycles. The molecular weight excluding hydrogens is 452 g/mol. The van der Waals surface area contributed by atoms with Crippen LogP contribution in [0.5, 0.6) is 0 Å². The van der Waals surface area contributed by atoms with Crippen LogP contribution in [0.4, 0.5) is 0 Å². The predicted octanol–water partition coefficient (Wildman–Crippen LogP) is 2.59. The third-order valence-electron chi connectivity index (χ3n) is 5.00. The van der Waals surface area contributed by atoms with Crippen molar-refractivity contribution >= 4 is 23.5 Å². The van der Waals surface area contributed by atoms with Crippen LogP contribution in [-0.4, -0.2) is 60.2 Å². The zero-order valence-electron chi connectivity index (χ0n) is 18.2. The van der Waals surface area contributed by atoms with Gasteiger partial charge in [-0.3, -0.25) is 9.59 Å². The summed E-state index contributed by atoms with van der Waals surface area (Å²) >= 11 is 5.52. The number of carbonyl (C=O) groups is 2. The van der Waals surface area contributed by atoms with E-state index in [1.54, 1.807) is 0 Å². The molecule has 2 aromatic rings. The lowest BCUT2D eigenvalue weighted by atomic mass is 9.98. The van der Waals surface area contributed by atoms with Gasteiger partial charge in [-0.25, -0.2) is 0 Å². The SMILES string of the molecule is CC(=O)O[C@H]1[C@@H](OCc2ccccc2)[C@H](OCc2ccccc2)[C@@H](COC(=O)CCl)O[C@@H]1O. The molecule has 0 spiro atoms. The van der Waals surface area contributed by atoms with E-state index in [0.29, 0.717) is 0 Å². The Morgan fingerprint density at radius 1 is 0.909 bits per heavy atom. The van der Waals surface area contributed by atoms with Crippen molar-refractivity contribution in [3.63, 3.8) is 0 Å². The van der Waals surface area contributed by atoms with Crippen LogP contribution in [-0.2, 0) is 46.5 Å². The summed E-state index contributed by atoms with van der Waals surface area (Å²) in [5, 5.41) is 10.6. The smallest absolute Gasteiger partial charge is 0.320 e. The highest BCUT2D eigenvalue weighted by Crippen LogP contribution is 2.29. The van der Waals surface area contributed by atoms with E-state index in [2.05, 4.69) is 0 Å². The summed E-state index contributed by atoms with van der Waals surface area (Å²) in [6.45, 7) is 1.38. The molecule has 1 saturated heterocycles. The van der Waals surface area contributed by atoms with Crippen LogP contribution in [0.25, 0.3) is 0 Å². The number of hydrogen-bond donors (Lipinski definition) is 1. The third-order valence-corrected chi connectivity index (χ3v) is 5.22. The number of halogens is 1. The van der Waals surface area contributed by atoms with Crippen LogP contribution < -0.4 is 0 Å². The number of ether oxygens (including phenoxy) is 5. The zero-order chi connectivity index (χ0) is 23.6. The zero-order valence-corrected chi connectivity index (χ0v) is 18.9. The molecule has 3 rings (SSSR count). The van der Waals surface area contributed by atoms with Crippen molar-refractivity contribution in [2.45, 2.75) is 50.8 Å². The number of hydrogen-bond acceptors (Lipinski definition) is 8. The van der Waals surface area contributed by atoms with Crippen LogP contribution in [0.3, 0.4) is 0 Å². The lowest BCUT2D eigenvalue weighted by molar-refractivity contribution is -0.308. The predicted molar refractivity (Wildman–Crippen MR) is 118 cm³/mol. The van der Waals surface area contributed by atoms with E-state index >= 15 is 0 Å². The van der Waals surface area contributed by atoms with Gasteiger partial charge in [-0.2, -0.15) is 0 Å². The molecular formula is C24H27ClO8. The van der Waals surface area contributed by atoms with Crippen molar-refractivity contribution in [3.8, 4) is 0 Å². The summed E-state index contributed by atoms with van der Waals surface area (Å²) in [5.41, 5.74) is 1.78. The average Bonchev–Trinajstić information content (AvgIpc) is 2.83. The van der Waals surface area contributed by atoms with Gasteiger partial charge in [0.1, 0.15) is 30.8 Å². The molecule has 0 amide bonds. The van der Waals surface area contributed by atoms with Gasteiger partial charge in [-0.15, -0.1) is 11.6 Å². The van der Waals surface area contributed by atoms with Crippen molar-refractivity contribution in [2.75, 3.05) is 12.5 Å². The van der Waals surface area contributed by atoms with Gasteiger partial charge in [0.05, 0.1) is 13.2 Å². The Kier molecular flexibility index (Phi) is 9.65. The van der Waals surface area contributed by atoms with Gasteiger partial charge < -0.3 is 28.8 Å². The number of aliphatic hydroxyl groups excluding tert-OH is 1. The van der Waals surface area contributed by atoms with Crippen LogP contribution in [0.2, 0.25) is 0 Å². The van der Waals surface area contributed by atoms with Gasteiger partial charge in [0.25, 0.3) is 0 Å². The van der Waals surface area contributed by atoms with Gasteiger partial charge in [0.2, 0.25) is 0 Å². The van der Waals surface area contributed by atoms with Crippen LogP contribution in [0.15, 0.2) is 60.7 Å². The Morgan fingerprint density at radius 3 is 1.97 bits per heavy atom. The van der Waals surface area contributed by atoms with Gasteiger partial charge in [-0.1, -0.05) is 60.7 Å². The van der Waals surface area contributed by atoms with E-state index < -0.39 is 42.6 Å². The number of carbonyl (C=O) groups excluding carboxylic acids is 2. The molecule has 0 unspecified atom stereocenters. The summed E-state index contributed by atoms with van der Waals surface area (Å²) in [6, 6.07) is 18.8. The van der Waals surface area contributed by atoms with Crippen molar-refractivity contribution in [3.05, 3.63) is 71.8 Å². The number of rotatable bonds is 10. The minimum Gasteiger partial charge on any atom is -0.462 e. The molecule has 1 aliphatic rings. The van der Waals surface area contributed by atoms with E-state index in [-0.39, 0.29) is 25.7 Å². The van der Waals surface area contributed by atoms with Crippen LogP contribution >= 0.6 is 11.6 Å². The molecule has 0 bridgehead atoms. The maximum absolute atomic E-state index is 11.7. The molecule has 1 fully saturated rings. The first-order valence-corrected chi connectivity index (χ1v) is 11.0. The van der Waals surface area contributed by atoms with Crippen molar-refractivity contribution in [2.24, 2.45) is 0 Å². The Bertz CT molecular complexity index is 879. The fourth-order valence-electron chi connectivity index (χ4n) is 3.48.